The number of fused-ring (bicyclic) bond motifs is 2. The molecular formula is C25H22Cl2F2N2O. The van der Waals surface area contributed by atoms with Crippen molar-refractivity contribution in [1.82, 2.24) is 5.32 Å². The third-order valence-corrected chi connectivity index (χ3v) is 6.56. The van der Waals surface area contributed by atoms with E-state index in [0.29, 0.717) is 29.2 Å². The van der Waals surface area contributed by atoms with Gasteiger partial charge in [0, 0.05) is 21.3 Å². The molecule has 3 aromatic carbocycles. The van der Waals surface area contributed by atoms with Gasteiger partial charge in [-0.15, -0.1) is 0 Å². The van der Waals surface area contributed by atoms with Crippen LogP contribution < -0.4 is 10.6 Å². The topological polar surface area (TPSA) is 41.1 Å². The Hall–Kier alpha value is -2.47. The number of amides is 1. The van der Waals surface area contributed by atoms with E-state index in [1.54, 1.807) is 25.1 Å². The Labute approximate surface area is 195 Å². The summed E-state index contributed by atoms with van der Waals surface area (Å²) in [6, 6.07) is 16.7. The molecule has 2 aliphatic rings. The summed E-state index contributed by atoms with van der Waals surface area (Å²) >= 11 is 11.6. The standard InChI is InChI=1S/C19H17ClF2N2O.C6H5Cl/c1-10-3-6-13(21)16(22)15(10)17-19(7-2-8-23-17)12-5-4-11(20)9-14(12)24-18(19)25;7-6-4-2-1-3-5-6/h3-6,9,17,23H,2,7-8H2,1H3,(H,24,25);1-5H/t17-,19-;/m1./s1. The van der Waals surface area contributed by atoms with E-state index in [2.05, 4.69) is 10.6 Å². The molecule has 3 aromatic rings. The summed E-state index contributed by atoms with van der Waals surface area (Å²) < 4.78 is 28.6. The molecular weight excluding hydrogens is 453 g/mol. The number of carbonyl (C=O) groups is 1. The van der Waals surface area contributed by atoms with E-state index in [0.717, 1.165) is 23.1 Å². The second kappa shape index (κ2) is 9.18. The minimum Gasteiger partial charge on any atom is -0.325 e. The largest absolute Gasteiger partial charge is 0.325 e. The van der Waals surface area contributed by atoms with E-state index in [4.69, 9.17) is 23.2 Å². The van der Waals surface area contributed by atoms with Gasteiger partial charge in [-0.3, -0.25) is 4.79 Å². The highest BCUT2D eigenvalue weighted by Crippen LogP contribution is 2.52. The van der Waals surface area contributed by atoms with Crippen LogP contribution in [-0.4, -0.2) is 12.5 Å². The third-order valence-electron chi connectivity index (χ3n) is 6.08. The molecule has 2 atom stereocenters. The molecule has 0 unspecified atom stereocenters. The number of aryl methyl sites for hydroxylation is 1. The van der Waals surface area contributed by atoms with Gasteiger partial charge < -0.3 is 10.6 Å². The number of piperidine rings is 1. The van der Waals surface area contributed by atoms with Crippen molar-refractivity contribution in [2.45, 2.75) is 31.2 Å². The Kier molecular flexibility index (Phi) is 6.52. The third kappa shape index (κ3) is 4.01. The predicted molar refractivity (Wildman–Crippen MR) is 124 cm³/mol. The fourth-order valence-corrected chi connectivity index (χ4v) is 4.93. The smallest absolute Gasteiger partial charge is 0.237 e. The molecule has 2 heterocycles. The lowest BCUT2D eigenvalue weighted by Crippen LogP contribution is -2.51. The molecule has 1 spiro atoms. The number of carbonyl (C=O) groups excluding carboxylic acids is 1. The number of hydrogen-bond donors (Lipinski definition) is 2. The van der Waals surface area contributed by atoms with Crippen molar-refractivity contribution in [3.05, 3.63) is 99.0 Å². The quantitative estimate of drug-likeness (QED) is 0.418. The number of hydrogen-bond acceptors (Lipinski definition) is 2. The summed E-state index contributed by atoms with van der Waals surface area (Å²) in [4.78, 5) is 13.0. The maximum atomic E-state index is 14.7. The van der Waals surface area contributed by atoms with Crippen LogP contribution >= 0.6 is 23.2 Å². The second-order valence-corrected chi connectivity index (χ2v) is 8.87. The van der Waals surface area contributed by atoms with Crippen molar-refractivity contribution in [1.29, 1.82) is 0 Å². The van der Waals surface area contributed by atoms with E-state index < -0.39 is 23.1 Å². The number of anilines is 1. The molecule has 0 radical (unpaired) electrons. The van der Waals surface area contributed by atoms with Crippen LogP contribution in [0.25, 0.3) is 0 Å². The maximum Gasteiger partial charge on any atom is 0.237 e. The first kappa shape index (κ1) is 22.7. The highest BCUT2D eigenvalue weighted by molar-refractivity contribution is 6.31. The van der Waals surface area contributed by atoms with Gasteiger partial charge in [-0.25, -0.2) is 8.78 Å². The lowest BCUT2D eigenvalue weighted by atomic mass is 9.67. The van der Waals surface area contributed by atoms with Crippen LogP contribution in [-0.2, 0) is 10.2 Å². The van der Waals surface area contributed by atoms with Crippen LogP contribution in [0.5, 0.6) is 0 Å². The Morgan fingerprint density at radius 2 is 1.75 bits per heavy atom. The van der Waals surface area contributed by atoms with Crippen LogP contribution in [0.2, 0.25) is 10.0 Å². The normalized spacial score (nSPS) is 21.5. The molecule has 1 saturated heterocycles. The molecule has 0 aromatic heterocycles. The van der Waals surface area contributed by atoms with Gasteiger partial charge in [0.2, 0.25) is 5.91 Å². The predicted octanol–water partition coefficient (Wildman–Crippen LogP) is 6.58. The minimum atomic E-state index is -0.975. The molecule has 5 rings (SSSR count). The van der Waals surface area contributed by atoms with Crippen molar-refractivity contribution in [3.8, 4) is 0 Å². The van der Waals surface area contributed by atoms with E-state index >= 15 is 0 Å². The Bertz CT molecular complexity index is 1160. The van der Waals surface area contributed by atoms with Gasteiger partial charge in [0.05, 0.1) is 11.5 Å². The maximum absolute atomic E-state index is 14.7. The van der Waals surface area contributed by atoms with Crippen molar-refractivity contribution >= 4 is 34.8 Å². The molecule has 32 heavy (non-hydrogen) atoms. The highest BCUT2D eigenvalue weighted by Gasteiger charge is 2.54. The van der Waals surface area contributed by atoms with Gasteiger partial charge >= 0.3 is 0 Å². The lowest BCUT2D eigenvalue weighted by molar-refractivity contribution is -0.123. The molecule has 2 aliphatic heterocycles. The Morgan fingerprint density at radius 1 is 1.00 bits per heavy atom. The van der Waals surface area contributed by atoms with Crippen LogP contribution in [0, 0.1) is 18.6 Å². The van der Waals surface area contributed by atoms with Crippen molar-refractivity contribution in [2.75, 3.05) is 11.9 Å². The second-order valence-electron chi connectivity index (χ2n) is 7.99. The summed E-state index contributed by atoms with van der Waals surface area (Å²) in [5, 5.41) is 7.45. The van der Waals surface area contributed by atoms with Gasteiger partial charge in [0.25, 0.3) is 0 Å². The molecule has 0 bridgehead atoms. The van der Waals surface area contributed by atoms with E-state index in [9.17, 15) is 13.6 Å². The monoisotopic (exact) mass is 474 g/mol. The fourth-order valence-electron chi connectivity index (χ4n) is 4.61. The SMILES string of the molecule is Cc1ccc(F)c(F)c1[C@H]1NCCC[C@]12C(=O)Nc1cc(Cl)ccc12.Clc1ccccc1. The first-order chi connectivity index (χ1) is 15.3. The van der Waals surface area contributed by atoms with E-state index in [1.165, 1.54) is 0 Å². The summed E-state index contributed by atoms with van der Waals surface area (Å²) in [7, 11) is 0. The molecule has 3 nitrogen and oxygen atoms in total. The van der Waals surface area contributed by atoms with Gasteiger partial charge in [-0.1, -0.05) is 53.5 Å². The summed E-state index contributed by atoms with van der Waals surface area (Å²) in [5.74, 6) is -2.00. The molecule has 166 valence electrons. The van der Waals surface area contributed by atoms with E-state index in [1.807, 2.05) is 36.4 Å². The van der Waals surface area contributed by atoms with Gasteiger partial charge in [0.1, 0.15) is 0 Å². The number of rotatable bonds is 1. The van der Waals surface area contributed by atoms with Gasteiger partial charge in [-0.2, -0.15) is 0 Å². The summed E-state index contributed by atoms with van der Waals surface area (Å²) in [6.45, 7) is 2.37. The minimum absolute atomic E-state index is 0.204. The zero-order chi connectivity index (χ0) is 22.9. The van der Waals surface area contributed by atoms with Crippen molar-refractivity contribution in [3.63, 3.8) is 0 Å². The average Bonchev–Trinajstić information content (AvgIpc) is 3.04. The summed E-state index contributed by atoms with van der Waals surface area (Å²) in [5.41, 5.74) is 1.28. The van der Waals surface area contributed by atoms with Crippen LogP contribution in [0.15, 0.2) is 60.7 Å². The fraction of sp³-hybridized carbons (Fsp3) is 0.240. The molecule has 1 fully saturated rings. The van der Waals surface area contributed by atoms with Crippen molar-refractivity contribution < 1.29 is 13.6 Å². The number of benzene rings is 3. The van der Waals surface area contributed by atoms with Gasteiger partial charge in [-0.05, 0) is 67.8 Å². The van der Waals surface area contributed by atoms with Crippen LogP contribution in [0.1, 0.15) is 35.6 Å². The molecule has 2 N–H and O–H groups in total. The van der Waals surface area contributed by atoms with Gasteiger partial charge in [0.15, 0.2) is 11.6 Å². The molecule has 7 heteroatoms. The first-order valence-electron chi connectivity index (χ1n) is 10.3. The van der Waals surface area contributed by atoms with Crippen molar-refractivity contribution in [2.24, 2.45) is 0 Å². The molecule has 0 aliphatic carbocycles. The lowest BCUT2D eigenvalue weighted by Gasteiger charge is -2.41. The summed E-state index contributed by atoms with van der Waals surface area (Å²) in [6.07, 6.45) is 1.32. The number of nitrogens with one attached hydrogen (secondary N) is 2. The average molecular weight is 475 g/mol. The Balaban J connectivity index is 0.000000300. The van der Waals surface area contributed by atoms with Crippen LogP contribution in [0.3, 0.4) is 0 Å². The zero-order valence-electron chi connectivity index (χ0n) is 17.4. The molecule has 0 saturated carbocycles. The molecule has 1 amide bonds. The first-order valence-corrected chi connectivity index (χ1v) is 11.1. The highest BCUT2D eigenvalue weighted by atomic mass is 35.5. The van der Waals surface area contributed by atoms with E-state index in [-0.39, 0.29) is 11.5 Å². The zero-order valence-corrected chi connectivity index (χ0v) is 18.9. The van der Waals surface area contributed by atoms with Crippen LogP contribution in [0.4, 0.5) is 14.5 Å². The Morgan fingerprint density at radius 3 is 2.44 bits per heavy atom. The number of halogens is 4.